The Morgan fingerprint density at radius 2 is 2.00 bits per heavy atom. The van der Waals surface area contributed by atoms with Gasteiger partial charge in [-0.2, -0.15) is 0 Å². The van der Waals surface area contributed by atoms with Crippen molar-refractivity contribution in [2.24, 2.45) is 0 Å². The molecule has 0 aromatic heterocycles. The zero-order chi connectivity index (χ0) is 14.7. The molecule has 1 aliphatic heterocycles. The largest absolute Gasteiger partial charge is 0.399 e. The Bertz CT molecular complexity index is 600. The maximum absolute atomic E-state index is 5.78. The van der Waals surface area contributed by atoms with Gasteiger partial charge in [0, 0.05) is 41.5 Å². The van der Waals surface area contributed by atoms with Gasteiger partial charge in [0.15, 0.2) is 0 Å². The normalized spacial score (nSPS) is 18.8. The van der Waals surface area contributed by atoms with Crippen LogP contribution in [0.25, 0.3) is 0 Å². The van der Waals surface area contributed by atoms with Crippen LogP contribution in [0.15, 0.2) is 53.0 Å². The van der Waals surface area contributed by atoms with Crippen molar-refractivity contribution in [3.05, 3.63) is 58.6 Å². The summed E-state index contributed by atoms with van der Waals surface area (Å²) in [5.74, 6) is 0. The first kappa shape index (κ1) is 14.4. The number of rotatable bonds is 4. The summed E-state index contributed by atoms with van der Waals surface area (Å²) < 4.78 is 1.03. The van der Waals surface area contributed by atoms with Gasteiger partial charge in [0.2, 0.25) is 0 Å². The molecule has 3 nitrogen and oxygen atoms in total. The van der Waals surface area contributed by atoms with E-state index in [1.165, 1.54) is 12.0 Å². The number of hydrogen-bond donors (Lipinski definition) is 2. The SMILES string of the molecule is Nc1ccc(NC2CCN(Cc3ccccc3)C2)c(Br)c1. The van der Waals surface area contributed by atoms with Crippen LogP contribution < -0.4 is 11.1 Å². The van der Waals surface area contributed by atoms with Crippen molar-refractivity contribution >= 4 is 27.3 Å². The number of nitrogens with two attached hydrogens (primary N) is 1. The number of halogens is 1. The first-order chi connectivity index (χ1) is 10.2. The van der Waals surface area contributed by atoms with Crippen molar-refractivity contribution in [2.75, 3.05) is 24.1 Å². The summed E-state index contributed by atoms with van der Waals surface area (Å²) in [4.78, 5) is 2.50. The highest BCUT2D eigenvalue weighted by molar-refractivity contribution is 9.10. The summed E-state index contributed by atoms with van der Waals surface area (Å²) >= 11 is 3.57. The average Bonchev–Trinajstić information content (AvgIpc) is 2.90. The minimum absolute atomic E-state index is 0.494. The lowest BCUT2D eigenvalue weighted by atomic mass is 10.2. The third-order valence-electron chi connectivity index (χ3n) is 3.87. The highest BCUT2D eigenvalue weighted by Crippen LogP contribution is 2.27. The van der Waals surface area contributed by atoms with Crippen LogP contribution in [0.5, 0.6) is 0 Å². The summed E-state index contributed by atoms with van der Waals surface area (Å²) in [5, 5.41) is 3.61. The summed E-state index contributed by atoms with van der Waals surface area (Å²) in [6, 6.07) is 17.1. The Morgan fingerprint density at radius 3 is 2.76 bits per heavy atom. The highest BCUT2D eigenvalue weighted by atomic mass is 79.9. The molecule has 2 aromatic carbocycles. The van der Waals surface area contributed by atoms with Crippen LogP contribution in [0, 0.1) is 0 Å². The van der Waals surface area contributed by atoms with Crippen LogP contribution in [0.3, 0.4) is 0 Å². The Kier molecular flexibility index (Phi) is 4.46. The molecule has 110 valence electrons. The number of nitrogens with one attached hydrogen (secondary N) is 1. The van der Waals surface area contributed by atoms with Crippen LogP contribution in [0.4, 0.5) is 11.4 Å². The van der Waals surface area contributed by atoms with Crippen molar-refractivity contribution in [1.29, 1.82) is 0 Å². The van der Waals surface area contributed by atoms with E-state index in [4.69, 9.17) is 5.73 Å². The Balaban J connectivity index is 1.57. The molecular formula is C17H20BrN3. The fourth-order valence-electron chi connectivity index (χ4n) is 2.80. The van der Waals surface area contributed by atoms with Crippen LogP contribution in [-0.4, -0.2) is 24.0 Å². The molecule has 1 unspecified atom stereocenters. The van der Waals surface area contributed by atoms with E-state index in [0.717, 1.165) is 35.5 Å². The maximum Gasteiger partial charge on any atom is 0.0488 e. The van der Waals surface area contributed by atoms with Gasteiger partial charge in [-0.15, -0.1) is 0 Å². The second kappa shape index (κ2) is 6.50. The molecule has 1 aliphatic rings. The zero-order valence-electron chi connectivity index (χ0n) is 11.9. The van der Waals surface area contributed by atoms with Gasteiger partial charge in [-0.05, 0) is 46.1 Å². The molecule has 0 saturated carbocycles. The highest BCUT2D eigenvalue weighted by Gasteiger charge is 2.22. The molecule has 0 amide bonds. The van der Waals surface area contributed by atoms with Gasteiger partial charge >= 0.3 is 0 Å². The van der Waals surface area contributed by atoms with E-state index in [-0.39, 0.29) is 0 Å². The summed E-state index contributed by atoms with van der Waals surface area (Å²) in [6.07, 6.45) is 1.17. The van der Waals surface area contributed by atoms with Gasteiger partial charge < -0.3 is 11.1 Å². The van der Waals surface area contributed by atoms with Crippen molar-refractivity contribution in [3.8, 4) is 0 Å². The number of nitrogen functional groups attached to an aromatic ring is 1. The fraction of sp³-hybridized carbons (Fsp3) is 0.294. The molecule has 3 rings (SSSR count). The Hall–Kier alpha value is -1.52. The van der Waals surface area contributed by atoms with Crippen molar-refractivity contribution in [2.45, 2.75) is 19.0 Å². The number of nitrogens with zero attached hydrogens (tertiary/aromatic N) is 1. The third-order valence-corrected chi connectivity index (χ3v) is 4.53. The van der Waals surface area contributed by atoms with E-state index in [2.05, 4.69) is 56.5 Å². The lowest BCUT2D eigenvalue weighted by molar-refractivity contribution is 0.328. The monoisotopic (exact) mass is 345 g/mol. The zero-order valence-corrected chi connectivity index (χ0v) is 13.5. The number of anilines is 2. The molecule has 1 heterocycles. The van der Waals surface area contributed by atoms with Gasteiger partial charge in [0.25, 0.3) is 0 Å². The predicted octanol–water partition coefficient (Wildman–Crippen LogP) is 3.72. The fourth-order valence-corrected chi connectivity index (χ4v) is 3.31. The number of benzene rings is 2. The third kappa shape index (κ3) is 3.77. The molecule has 2 aromatic rings. The molecule has 1 atom stereocenters. The van der Waals surface area contributed by atoms with E-state index in [1.807, 2.05) is 18.2 Å². The van der Waals surface area contributed by atoms with Gasteiger partial charge in [0.05, 0.1) is 0 Å². The van der Waals surface area contributed by atoms with Gasteiger partial charge in [-0.3, -0.25) is 4.90 Å². The first-order valence-electron chi connectivity index (χ1n) is 7.28. The Morgan fingerprint density at radius 1 is 1.19 bits per heavy atom. The predicted molar refractivity (Wildman–Crippen MR) is 92.3 cm³/mol. The summed E-state index contributed by atoms with van der Waals surface area (Å²) in [7, 11) is 0. The first-order valence-corrected chi connectivity index (χ1v) is 8.08. The lowest BCUT2D eigenvalue weighted by Gasteiger charge is -2.18. The molecule has 4 heteroatoms. The van der Waals surface area contributed by atoms with Crippen molar-refractivity contribution in [1.82, 2.24) is 4.90 Å². The van der Waals surface area contributed by atoms with Crippen LogP contribution in [-0.2, 0) is 6.54 Å². The van der Waals surface area contributed by atoms with E-state index >= 15 is 0 Å². The second-order valence-corrected chi connectivity index (χ2v) is 6.44. The molecule has 3 N–H and O–H groups in total. The van der Waals surface area contributed by atoms with Gasteiger partial charge in [-0.25, -0.2) is 0 Å². The number of hydrogen-bond acceptors (Lipinski definition) is 3. The van der Waals surface area contributed by atoms with E-state index < -0.39 is 0 Å². The minimum atomic E-state index is 0.494. The number of likely N-dealkylation sites (tertiary alicyclic amines) is 1. The topological polar surface area (TPSA) is 41.3 Å². The maximum atomic E-state index is 5.78. The van der Waals surface area contributed by atoms with Gasteiger partial charge in [0.1, 0.15) is 0 Å². The van der Waals surface area contributed by atoms with E-state index in [0.29, 0.717) is 6.04 Å². The van der Waals surface area contributed by atoms with Crippen molar-refractivity contribution in [3.63, 3.8) is 0 Å². The second-order valence-electron chi connectivity index (χ2n) is 5.59. The van der Waals surface area contributed by atoms with E-state index in [9.17, 15) is 0 Å². The molecule has 1 saturated heterocycles. The van der Waals surface area contributed by atoms with E-state index in [1.54, 1.807) is 0 Å². The molecular weight excluding hydrogens is 326 g/mol. The summed E-state index contributed by atoms with van der Waals surface area (Å²) in [5.41, 5.74) is 9.06. The van der Waals surface area contributed by atoms with Gasteiger partial charge in [-0.1, -0.05) is 30.3 Å². The van der Waals surface area contributed by atoms with Crippen LogP contribution >= 0.6 is 15.9 Å². The minimum Gasteiger partial charge on any atom is -0.399 e. The molecule has 0 spiro atoms. The molecule has 1 fully saturated rings. The molecule has 21 heavy (non-hydrogen) atoms. The lowest BCUT2D eigenvalue weighted by Crippen LogP contribution is -2.26. The quantitative estimate of drug-likeness (QED) is 0.829. The average molecular weight is 346 g/mol. The van der Waals surface area contributed by atoms with Crippen LogP contribution in [0.2, 0.25) is 0 Å². The Labute approximate surface area is 134 Å². The van der Waals surface area contributed by atoms with Crippen LogP contribution in [0.1, 0.15) is 12.0 Å². The summed E-state index contributed by atoms with van der Waals surface area (Å²) in [6.45, 7) is 3.24. The molecule has 0 aliphatic carbocycles. The molecule has 0 bridgehead atoms. The smallest absolute Gasteiger partial charge is 0.0488 e. The molecule has 0 radical (unpaired) electrons. The van der Waals surface area contributed by atoms with Crippen molar-refractivity contribution < 1.29 is 0 Å². The standard InChI is InChI=1S/C17H20BrN3/c18-16-10-14(19)6-7-17(16)20-15-8-9-21(12-15)11-13-4-2-1-3-5-13/h1-7,10,15,20H,8-9,11-12,19H2.